The first-order valence-electron chi connectivity index (χ1n) is 9.49. The summed E-state index contributed by atoms with van der Waals surface area (Å²) in [5.41, 5.74) is -0.762. The van der Waals surface area contributed by atoms with Crippen LogP contribution in [0, 0.1) is 0 Å². The Hall–Kier alpha value is -2.66. The van der Waals surface area contributed by atoms with E-state index in [-0.39, 0.29) is 25.1 Å². The zero-order valence-corrected chi connectivity index (χ0v) is 18.5. The summed E-state index contributed by atoms with van der Waals surface area (Å²) in [6, 6.07) is 7.77. The van der Waals surface area contributed by atoms with Crippen LogP contribution in [0.3, 0.4) is 0 Å². The number of carbonyl (C=O) groups is 1. The minimum Gasteiger partial charge on any atom is -0.486 e. The minimum absolute atomic E-state index is 0.0136. The first-order valence-corrected chi connectivity index (χ1v) is 11.7. The third kappa shape index (κ3) is 5.98. The summed E-state index contributed by atoms with van der Waals surface area (Å²) in [4.78, 5) is 12.2. The topological polar surface area (TPSA) is 84.9 Å². The number of anilines is 2. The van der Waals surface area contributed by atoms with E-state index in [2.05, 4.69) is 5.32 Å². The van der Waals surface area contributed by atoms with Crippen LogP contribution >= 0.6 is 11.6 Å². The smallest absolute Gasteiger partial charge is 0.417 e. The molecule has 0 fully saturated rings. The Kier molecular flexibility index (Phi) is 7.09. The Morgan fingerprint density at radius 2 is 1.81 bits per heavy atom. The van der Waals surface area contributed by atoms with E-state index in [4.69, 9.17) is 21.1 Å². The van der Waals surface area contributed by atoms with E-state index < -0.39 is 32.7 Å². The monoisotopic (exact) mass is 492 g/mol. The lowest BCUT2D eigenvalue weighted by Crippen LogP contribution is -2.31. The summed E-state index contributed by atoms with van der Waals surface area (Å²) in [5.74, 6) is 0.369. The Labute approximate surface area is 188 Å². The summed E-state index contributed by atoms with van der Waals surface area (Å²) in [7, 11) is -3.66. The molecule has 1 aliphatic rings. The molecule has 174 valence electrons. The number of nitrogens with one attached hydrogen (secondary N) is 1. The molecule has 0 aromatic heterocycles. The van der Waals surface area contributed by atoms with E-state index in [0.29, 0.717) is 30.4 Å². The molecule has 0 saturated carbocycles. The molecule has 0 bridgehead atoms. The van der Waals surface area contributed by atoms with E-state index >= 15 is 0 Å². The molecule has 0 radical (unpaired) electrons. The van der Waals surface area contributed by atoms with Gasteiger partial charge in [0.25, 0.3) is 0 Å². The summed E-state index contributed by atoms with van der Waals surface area (Å²) in [5, 5.41) is 1.90. The molecule has 2 aromatic carbocycles. The number of fused-ring (bicyclic) bond motifs is 1. The number of nitrogens with zero attached hydrogens (tertiary/aromatic N) is 1. The minimum atomic E-state index is -4.66. The maximum Gasteiger partial charge on any atom is 0.417 e. The Bertz CT molecular complexity index is 1110. The van der Waals surface area contributed by atoms with Crippen LogP contribution in [-0.4, -0.2) is 40.3 Å². The van der Waals surface area contributed by atoms with Gasteiger partial charge in [0.05, 0.1) is 22.5 Å². The number of carbonyl (C=O) groups excluding carboxylic acids is 1. The van der Waals surface area contributed by atoms with Gasteiger partial charge in [-0.2, -0.15) is 13.2 Å². The lowest BCUT2D eigenvalue weighted by Gasteiger charge is -2.25. The van der Waals surface area contributed by atoms with Gasteiger partial charge < -0.3 is 14.8 Å². The van der Waals surface area contributed by atoms with Gasteiger partial charge in [0.15, 0.2) is 11.5 Å². The molecule has 12 heteroatoms. The van der Waals surface area contributed by atoms with Crippen molar-refractivity contribution in [3.8, 4) is 11.5 Å². The molecule has 2 aromatic rings. The predicted octanol–water partition coefficient (Wildman–Crippen LogP) is 4.31. The first kappa shape index (κ1) is 24.0. The molecule has 0 saturated heterocycles. The standard InChI is InChI=1S/C20H20ClF3N2O5S/c1-32(28,29)26(14-5-7-17-18(12-14)31-10-9-30-17)8-2-3-19(27)25-13-4-6-16(21)15(11-13)20(22,23)24/h4-7,11-12H,2-3,8-10H2,1H3,(H,25,27). The van der Waals surface area contributed by atoms with Gasteiger partial charge >= 0.3 is 6.18 Å². The van der Waals surface area contributed by atoms with Crippen LogP contribution in [0.25, 0.3) is 0 Å². The van der Waals surface area contributed by atoms with Crippen LogP contribution in [0.2, 0.25) is 5.02 Å². The molecule has 0 atom stereocenters. The molecule has 1 aliphatic heterocycles. The number of rotatable bonds is 7. The molecule has 0 aliphatic carbocycles. The lowest BCUT2D eigenvalue weighted by molar-refractivity contribution is -0.137. The number of hydrogen-bond donors (Lipinski definition) is 1. The molecule has 1 amide bonds. The van der Waals surface area contributed by atoms with Gasteiger partial charge in [-0.1, -0.05) is 11.6 Å². The molecule has 0 unspecified atom stereocenters. The highest BCUT2D eigenvalue weighted by Crippen LogP contribution is 2.36. The lowest BCUT2D eigenvalue weighted by atomic mass is 10.2. The largest absolute Gasteiger partial charge is 0.486 e. The summed E-state index contributed by atoms with van der Waals surface area (Å²) >= 11 is 5.57. The SMILES string of the molecule is CS(=O)(=O)N(CCCC(=O)Nc1ccc(Cl)c(C(F)(F)F)c1)c1ccc2c(c1)OCCO2. The van der Waals surface area contributed by atoms with E-state index in [1.165, 1.54) is 6.07 Å². The van der Waals surface area contributed by atoms with Crippen molar-refractivity contribution in [2.45, 2.75) is 19.0 Å². The fourth-order valence-corrected chi connectivity index (χ4v) is 4.28. The fourth-order valence-electron chi connectivity index (χ4n) is 3.10. The highest BCUT2D eigenvalue weighted by molar-refractivity contribution is 7.92. The van der Waals surface area contributed by atoms with Gasteiger partial charge in [0.1, 0.15) is 13.2 Å². The average molecular weight is 493 g/mol. The van der Waals surface area contributed by atoms with Crippen molar-refractivity contribution >= 4 is 38.9 Å². The van der Waals surface area contributed by atoms with Crippen LogP contribution in [-0.2, 0) is 21.0 Å². The molecular weight excluding hydrogens is 473 g/mol. The number of ether oxygens (including phenoxy) is 2. The van der Waals surface area contributed by atoms with E-state index in [9.17, 15) is 26.4 Å². The second-order valence-corrected chi connectivity index (χ2v) is 9.32. The maximum atomic E-state index is 13.0. The summed E-state index contributed by atoms with van der Waals surface area (Å²) < 4.78 is 75.4. The van der Waals surface area contributed by atoms with Crippen molar-refractivity contribution in [1.29, 1.82) is 0 Å². The van der Waals surface area contributed by atoms with Gasteiger partial charge in [0, 0.05) is 24.7 Å². The highest BCUT2D eigenvalue weighted by Gasteiger charge is 2.33. The van der Waals surface area contributed by atoms with Crippen molar-refractivity contribution in [3.63, 3.8) is 0 Å². The van der Waals surface area contributed by atoms with Crippen molar-refractivity contribution < 1.29 is 35.9 Å². The summed E-state index contributed by atoms with van der Waals surface area (Å²) in [6.45, 7) is 0.728. The van der Waals surface area contributed by atoms with Crippen LogP contribution in [0.1, 0.15) is 18.4 Å². The van der Waals surface area contributed by atoms with Crippen molar-refractivity contribution in [2.24, 2.45) is 0 Å². The van der Waals surface area contributed by atoms with E-state index in [1.807, 2.05) is 0 Å². The zero-order chi connectivity index (χ0) is 23.5. The van der Waals surface area contributed by atoms with E-state index in [0.717, 1.165) is 22.7 Å². The van der Waals surface area contributed by atoms with Gasteiger partial charge in [-0.3, -0.25) is 9.10 Å². The molecule has 3 rings (SSSR count). The van der Waals surface area contributed by atoms with Crippen LogP contribution < -0.4 is 19.1 Å². The number of amides is 1. The Morgan fingerprint density at radius 1 is 1.12 bits per heavy atom. The molecular formula is C20H20ClF3N2O5S. The number of sulfonamides is 1. The maximum absolute atomic E-state index is 13.0. The van der Waals surface area contributed by atoms with Crippen molar-refractivity contribution in [1.82, 2.24) is 0 Å². The molecule has 1 N–H and O–H groups in total. The fraction of sp³-hybridized carbons (Fsp3) is 0.350. The third-order valence-electron chi connectivity index (χ3n) is 4.53. The number of hydrogen-bond acceptors (Lipinski definition) is 5. The third-order valence-corrected chi connectivity index (χ3v) is 6.06. The van der Waals surface area contributed by atoms with Crippen LogP contribution in [0.5, 0.6) is 11.5 Å². The molecule has 1 heterocycles. The first-order chi connectivity index (χ1) is 14.9. The molecule has 32 heavy (non-hydrogen) atoms. The van der Waals surface area contributed by atoms with Gasteiger partial charge in [0.2, 0.25) is 15.9 Å². The normalized spacial score (nSPS) is 13.5. The van der Waals surface area contributed by atoms with Gasteiger partial charge in [-0.15, -0.1) is 0 Å². The molecule has 7 nitrogen and oxygen atoms in total. The van der Waals surface area contributed by atoms with Crippen molar-refractivity contribution in [3.05, 3.63) is 47.0 Å². The van der Waals surface area contributed by atoms with Crippen LogP contribution in [0.15, 0.2) is 36.4 Å². The number of halogens is 4. The van der Waals surface area contributed by atoms with Crippen LogP contribution in [0.4, 0.5) is 24.5 Å². The van der Waals surface area contributed by atoms with Crippen molar-refractivity contribution in [2.75, 3.05) is 35.6 Å². The Balaban J connectivity index is 1.64. The zero-order valence-electron chi connectivity index (χ0n) is 16.9. The van der Waals surface area contributed by atoms with Gasteiger partial charge in [-0.25, -0.2) is 8.42 Å². The quantitative estimate of drug-likeness (QED) is 0.622. The molecule has 0 spiro atoms. The second-order valence-electron chi connectivity index (χ2n) is 7.01. The average Bonchev–Trinajstić information content (AvgIpc) is 2.70. The van der Waals surface area contributed by atoms with E-state index in [1.54, 1.807) is 18.2 Å². The number of benzene rings is 2. The van der Waals surface area contributed by atoms with Gasteiger partial charge in [-0.05, 0) is 36.8 Å². The highest BCUT2D eigenvalue weighted by atomic mass is 35.5. The Morgan fingerprint density at radius 3 is 2.47 bits per heavy atom. The predicted molar refractivity (Wildman–Crippen MR) is 114 cm³/mol. The summed E-state index contributed by atoms with van der Waals surface area (Å²) in [6.07, 6.45) is -3.60. The second kappa shape index (κ2) is 9.45. The number of alkyl halides is 3.